The number of hydrogen-bond donors (Lipinski definition) is 3. The summed E-state index contributed by atoms with van der Waals surface area (Å²) in [5, 5.41) is 7.42. The molecule has 0 aliphatic rings. The summed E-state index contributed by atoms with van der Waals surface area (Å²) in [4.78, 5) is 19.9. The predicted molar refractivity (Wildman–Crippen MR) is 108 cm³/mol. The van der Waals surface area contributed by atoms with Gasteiger partial charge in [-0.2, -0.15) is 0 Å². The van der Waals surface area contributed by atoms with E-state index in [9.17, 15) is 4.79 Å². The average Bonchev–Trinajstić information content (AvgIpc) is 3.12. The highest BCUT2D eigenvalue weighted by Crippen LogP contribution is 2.18. The van der Waals surface area contributed by atoms with Crippen LogP contribution in [0.25, 0.3) is 10.9 Å². The molecule has 5 nitrogen and oxygen atoms in total. The molecule has 0 fully saturated rings. The number of carbonyl (C=O) groups excluding carboxylic acids is 1. The second kappa shape index (κ2) is 7.74. The number of nitrogens with zero attached hydrogens (tertiary/aromatic N) is 1. The van der Waals surface area contributed by atoms with Gasteiger partial charge in [-0.1, -0.05) is 36.4 Å². The second-order valence-corrected chi connectivity index (χ2v) is 6.29. The van der Waals surface area contributed by atoms with Crippen LogP contribution in [-0.2, 0) is 6.42 Å². The Hall–Kier alpha value is -3.60. The van der Waals surface area contributed by atoms with Gasteiger partial charge in [-0.25, -0.2) is 0 Å². The molecule has 0 spiro atoms. The van der Waals surface area contributed by atoms with Gasteiger partial charge >= 0.3 is 0 Å². The minimum absolute atomic E-state index is 0.174. The number of pyridine rings is 1. The Morgan fingerprint density at radius 1 is 0.963 bits per heavy atom. The van der Waals surface area contributed by atoms with Crippen molar-refractivity contribution in [3.63, 3.8) is 0 Å². The number of H-pyrrole nitrogens is 1. The zero-order valence-electron chi connectivity index (χ0n) is 14.8. The molecule has 2 aromatic carbocycles. The van der Waals surface area contributed by atoms with Crippen LogP contribution in [0.1, 0.15) is 16.1 Å². The SMILES string of the molecule is O=C(NCCc1c[nH]c2ccccc12)c1cc(Nc2ccccc2)ccn1. The van der Waals surface area contributed by atoms with E-state index >= 15 is 0 Å². The zero-order valence-corrected chi connectivity index (χ0v) is 14.8. The predicted octanol–water partition coefficient (Wildman–Crippen LogP) is 4.28. The number of aromatic amines is 1. The molecule has 0 unspecified atom stereocenters. The van der Waals surface area contributed by atoms with Crippen molar-refractivity contribution in [2.24, 2.45) is 0 Å². The van der Waals surface area contributed by atoms with Crippen LogP contribution in [0.15, 0.2) is 79.1 Å². The van der Waals surface area contributed by atoms with Crippen LogP contribution < -0.4 is 10.6 Å². The topological polar surface area (TPSA) is 69.8 Å². The van der Waals surface area contributed by atoms with E-state index in [0.717, 1.165) is 23.3 Å². The Labute approximate surface area is 157 Å². The molecule has 27 heavy (non-hydrogen) atoms. The van der Waals surface area contributed by atoms with Crippen molar-refractivity contribution < 1.29 is 4.79 Å². The second-order valence-electron chi connectivity index (χ2n) is 6.29. The van der Waals surface area contributed by atoms with E-state index in [1.54, 1.807) is 12.3 Å². The first-order valence-electron chi connectivity index (χ1n) is 8.91. The number of benzene rings is 2. The Balaban J connectivity index is 1.37. The van der Waals surface area contributed by atoms with Crippen LogP contribution in [0.4, 0.5) is 11.4 Å². The monoisotopic (exact) mass is 356 g/mol. The standard InChI is InChI=1S/C22H20N4O/c27-22(24-12-10-16-15-25-20-9-5-4-8-19(16)20)21-14-18(11-13-23-21)26-17-6-2-1-3-7-17/h1-9,11,13-15,25H,10,12H2,(H,23,26)(H,24,27). The summed E-state index contributed by atoms with van der Waals surface area (Å²) >= 11 is 0. The van der Waals surface area contributed by atoms with E-state index in [1.165, 1.54) is 10.9 Å². The Kier molecular flexibility index (Phi) is 4.83. The van der Waals surface area contributed by atoms with Gasteiger partial charge in [-0.05, 0) is 42.3 Å². The molecule has 0 atom stereocenters. The number of nitrogens with one attached hydrogen (secondary N) is 3. The number of anilines is 2. The number of amides is 1. The van der Waals surface area contributed by atoms with E-state index in [-0.39, 0.29) is 5.91 Å². The van der Waals surface area contributed by atoms with Crippen molar-refractivity contribution in [2.45, 2.75) is 6.42 Å². The number of hydrogen-bond acceptors (Lipinski definition) is 3. The zero-order chi connectivity index (χ0) is 18.5. The Bertz CT molecular complexity index is 1060. The van der Waals surface area contributed by atoms with Crippen molar-refractivity contribution >= 4 is 28.2 Å². The van der Waals surface area contributed by atoms with E-state index < -0.39 is 0 Å². The largest absolute Gasteiger partial charge is 0.361 e. The van der Waals surface area contributed by atoms with E-state index in [2.05, 4.69) is 26.7 Å². The number of fused-ring (bicyclic) bond motifs is 1. The molecule has 134 valence electrons. The average molecular weight is 356 g/mol. The van der Waals surface area contributed by atoms with E-state index in [1.807, 2.05) is 60.8 Å². The number of rotatable bonds is 6. The Morgan fingerprint density at radius 2 is 1.78 bits per heavy atom. The molecule has 5 heteroatoms. The summed E-state index contributed by atoms with van der Waals surface area (Å²) in [6, 6.07) is 21.6. The summed E-state index contributed by atoms with van der Waals surface area (Å²) in [6.45, 7) is 0.554. The summed E-state index contributed by atoms with van der Waals surface area (Å²) in [7, 11) is 0. The van der Waals surface area contributed by atoms with Gasteiger partial charge in [0.2, 0.25) is 0 Å². The van der Waals surface area contributed by atoms with Gasteiger partial charge in [-0.15, -0.1) is 0 Å². The molecule has 0 radical (unpaired) electrons. The lowest BCUT2D eigenvalue weighted by atomic mass is 10.1. The third-order valence-corrected chi connectivity index (χ3v) is 4.41. The molecule has 4 rings (SSSR count). The van der Waals surface area contributed by atoms with Gasteiger partial charge in [0.15, 0.2) is 0 Å². The van der Waals surface area contributed by atoms with Crippen molar-refractivity contribution in [2.75, 3.05) is 11.9 Å². The molecule has 4 aromatic rings. The number of aromatic nitrogens is 2. The van der Waals surface area contributed by atoms with Gasteiger partial charge in [0, 0.05) is 41.2 Å². The molecule has 1 amide bonds. The van der Waals surface area contributed by atoms with Gasteiger partial charge in [0.05, 0.1) is 0 Å². The van der Waals surface area contributed by atoms with Gasteiger partial charge < -0.3 is 15.6 Å². The van der Waals surface area contributed by atoms with Gasteiger partial charge in [-0.3, -0.25) is 9.78 Å². The number of para-hydroxylation sites is 2. The maximum Gasteiger partial charge on any atom is 0.269 e. The van der Waals surface area contributed by atoms with Gasteiger partial charge in [0.1, 0.15) is 5.69 Å². The first-order valence-corrected chi connectivity index (χ1v) is 8.91. The molecule has 0 saturated carbocycles. The van der Waals surface area contributed by atoms with E-state index in [4.69, 9.17) is 0 Å². The Morgan fingerprint density at radius 3 is 2.67 bits per heavy atom. The molecule has 0 aliphatic heterocycles. The van der Waals surface area contributed by atoms with Crippen LogP contribution in [0.3, 0.4) is 0 Å². The fourth-order valence-corrected chi connectivity index (χ4v) is 3.06. The third-order valence-electron chi connectivity index (χ3n) is 4.41. The molecule has 0 saturated heterocycles. The van der Waals surface area contributed by atoms with Crippen molar-refractivity contribution in [3.05, 3.63) is 90.4 Å². The quantitative estimate of drug-likeness (QED) is 0.483. The molecular weight excluding hydrogens is 336 g/mol. The van der Waals surface area contributed by atoms with Crippen LogP contribution in [0.2, 0.25) is 0 Å². The van der Waals surface area contributed by atoms with Crippen molar-refractivity contribution in [3.8, 4) is 0 Å². The maximum absolute atomic E-state index is 12.4. The molecule has 3 N–H and O–H groups in total. The van der Waals surface area contributed by atoms with Crippen LogP contribution >= 0.6 is 0 Å². The molecule has 2 heterocycles. The minimum atomic E-state index is -0.174. The summed E-state index contributed by atoms with van der Waals surface area (Å²) in [5.74, 6) is -0.174. The minimum Gasteiger partial charge on any atom is -0.361 e. The maximum atomic E-state index is 12.4. The first-order chi connectivity index (χ1) is 13.3. The fourth-order valence-electron chi connectivity index (χ4n) is 3.06. The smallest absolute Gasteiger partial charge is 0.269 e. The van der Waals surface area contributed by atoms with Crippen LogP contribution in [0.5, 0.6) is 0 Å². The van der Waals surface area contributed by atoms with Crippen molar-refractivity contribution in [1.82, 2.24) is 15.3 Å². The van der Waals surface area contributed by atoms with Crippen LogP contribution in [-0.4, -0.2) is 22.4 Å². The summed E-state index contributed by atoms with van der Waals surface area (Å²) in [5.41, 5.74) is 4.50. The molecule has 0 bridgehead atoms. The normalized spacial score (nSPS) is 10.7. The summed E-state index contributed by atoms with van der Waals surface area (Å²) < 4.78 is 0. The lowest BCUT2D eigenvalue weighted by molar-refractivity contribution is 0.0949. The molecular formula is C22H20N4O. The number of carbonyl (C=O) groups is 1. The van der Waals surface area contributed by atoms with E-state index in [0.29, 0.717) is 12.2 Å². The lowest BCUT2D eigenvalue weighted by Crippen LogP contribution is -2.26. The van der Waals surface area contributed by atoms with Gasteiger partial charge in [0.25, 0.3) is 5.91 Å². The van der Waals surface area contributed by atoms with Crippen molar-refractivity contribution in [1.29, 1.82) is 0 Å². The molecule has 0 aliphatic carbocycles. The first kappa shape index (κ1) is 16.8. The highest BCUT2D eigenvalue weighted by molar-refractivity contribution is 5.93. The third kappa shape index (κ3) is 3.98. The highest BCUT2D eigenvalue weighted by atomic mass is 16.1. The van der Waals surface area contributed by atoms with Crippen LogP contribution in [0, 0.1) is 0 Å². The molecule has 2 aromatic heterocycles. The highest BCUT2D eigenvalue weighted by Gasteiger charge is 2.09. The fraction of sp³-hybridized carbons (Fsp3) is 0.0909. The summed E-state index contributed by atoms with van der Waals surface area (Å²) in [6.07, 6.45) is 4.40. The lowest BCUT2D eigenvalue weighted by Gasteiger charge is -2.08.